The van der Waals surface area contributed by atoms with E-state index in [1.165, 1.54) is 26.2 Å². The van der Waals surface area contributed by atoms with E-state index >= 15 is 0 Å². The maximum Gasteiger partial charge on any atom is 0.328 e. The highest BCUT2D eigenvalue weighted by molar-refractivity contribution is 6.21. The lowest BCUT2D eigenvalue weighted by Gasteiger charge is -2.30. The molecule has 0 bridgehead atoms. The second-order valence-corrected chi connectivity index (χ2v) is 5.95. The molecule has 1 heterocycles. The zero-order chi connectivity index (χ0) is 16.4. The summed E-state index contributed by atoms with van der Waals surface area (Å²) in [7, 11) is 0. The summed E-state index contributed by atoms with van der Waals surface area (Å²) in [6.45, 7) is 2.01. The van der Waals surface area contributed by atoms with E-state index in [1.54, 1.807) is 24.3 Å². The molecule has 7 heteroatoms. The molecule has 0 spiro atoms. The number of benzene rings is 1. The molecule has 0 aromatic heterocycles. The number of hydrogen-bond donors (Lipinski definition) is 2. The lowest BCUT2D eigenvalue weighted by molar-refractivity contribution is -0.149. The predicted molar refractivity (Wildman–Crippen MR) is 80.0 cm³/mol. The molecule has 122 valence electrons. The summed E-state index contributed by atoms with van der Waals surface area (Å²) < 4.78 is 11.2. The first-order valence-electron chi connectivity index (χ1n) is 7.56. The van der Waals surface area contributed by atoms with Crippen molar-refractivity contribution >= 4 is 17.8 Å². The first kappa shape index (κ1) is 15.3. The number of hydrogen-bond acceptors (Lipinski definition) is 5. The molecule has 1 saturated heterocycles. The van der Waals surface area contributed by atoms with Crippen molar-refractivity contribution < 1.29 is 23.9 Å². The molecular weight excluding hydrogens is 300 g/mol. The van der Waals surface area contributed by atoms with Gasteiger partial charge in [0, 0.05) is 0 Å². The Hall–Kier alpha value is -2.57. The molecule has 3 rings (SSSR count). The number of barbiturate groups is 1. The van der Waals surface area contributed by atoms with Gasteiger partial charge in [0.05, 0.1) is 6.61 Å². The van der Waals surface area contributed by atoms with Gasteiger partial charge in [-0.25, -0.2) is 4.79 Å². The van der Waals surface area contributed by atoms with E-state index in [4.69, 9.17) is 9.47 Å². The Bertz CT molecular complexity index is 616. The maximum absolute atomic E-state index is 11.9. The third-order valence-electron chi connectivity index (χ3n) is 4.18. The Labute approximate surface area is 133 Å². The maximum atomic E-state index is 11.9. The molecule has 1 aliphatic heterocycles. The number of ether oxygens (including phenoxy) is 2. The standard InChI is InChI=1S/C16H18N2O5/c1-16(13(19)17-15(21)18-14(16)20)23-12-7-5-11(6-8-12)22-9-10-3-2-4-10/h5-8,10H,2-4,9H2,1H3,(H2,17,18,19,20,21). The fourth-order valence-corrected chi connectivity index (χ4v) is 2.38. The quantitative estimate of drug-likeness (QED) is 0.800. The summed E-state index contributed by atoms with van der Waals surface area (Å²) in [6.07, 6.45) is 3.69. The van der Waals surface area contributed by atoms with Crippen LogP contribution in [0.15, 0.2) is 24.3 Å². The zero-order valence-corrected chi connectivity index (χ0v) is 12.8. The minimum Gasteiger partial charge on any atom is -0.493 e. The van der Waals surface area contributed by atoms with Crippen LogP contribution in [0.4, 0.5) is 4.79 Å². The fourth-order valence-electron chi connectivity index (χ4n) is 2.38. The van der Waals surface area contributed by atoms with Crippen molar-refractivity contribution in [2.45, 2.75) is 31.8 Å². The van der Waals surface area contributed by atoms with Gasteiger partial charge in [0.25, 0.3) is 17.4 Å². The summed E-state index contributed by atoms with van der Waals surface area (Å²) in [5.41, 5.74) is -1.79. The number of nitrogens with one attached hydrogen (secondary N) is 2. The van der Waals surface area contributed by atoms with Crippen molar-refractivity contribution in [2.24, 2.45) is 5.92 Å². The van der Waals surface area contributed by atoms with Gasteiger partial charge in [0.1, 0.15) is 11.5 Å². The predicted octanol–water partition coefficient (Wildman–Crippen LogP) is 1.37. The Kier molecular flexibility index (Phi) is 3.94. The molecule has 2 N–H and O–H groups in total. The van der Waals surface area contributed by atoms with Crippen molar-refractivity contribution in [1.82, 2.24) is 10.6 Å². The third kappa shape index (κ3) is 3.13. The molecule has 2 aliphatic rings. The van der Waals surface area contributed by atoms with Crippen LogP contribution >= 0.6 is 0 Å². The van der Waals surface area contributed by atoms with Crippen molar-refractivity contribution in [3.05, 3.63) is 24.3 Å². The topological polar surface area (TPSA) is 93.7 Å². The molecule has 1 aromatic rings. The van der Waals surface area contributed by atoms with Crippen LogP contribution in [-0.4, -0.2) is 30.1 Å². The molecule has 4 amide bonds. The van der Waals surface area contributed by atoms with Gasteiger partial charge in [-0.1, -0.05) is 6.42 Å². The summed E-state index contributed by atoms with van der Waals surface area (Å²) >= 11 is 0. The van der Waals surface area contributed by atoms with Gasteiger partial charge < -0.3 is 9.47 Å². The Morgan fingerprint density at radius 1 is 1.04 bits per heavy atom. The van der Waals surface area contributed by atoms with E-state index in [0.29, 0.717) is 24.0 Å². The van der Waals surface area contributed by atoms with Crippen LogP contribution < -0.4 is 20.1 Å². The normalized spacial score (nSPS) is 20.3. The number of urea groups is 1. The number of amides is 4. The smallest absolute Gasteiger partial charge is 0.328 e. The first-order chi connectivity index (χ1) is 11.0. The number of imide groups is 2. The van der Waals surface area contributed by atoms with E-state index in [-0.39, 0.29) is 0 Å². The fraction of sp³-hybridized carbons (Fsp3) is 0.438. The van der Waals surface area contributed by atoms with Crippen molar-refractivity contribution in [3.63, 3.8) is 0 Å². The lowest BCUT2D eigenvalue weighted by Crippen LogP contribution is -2.67. The molecule has 0 atom stereocenters. The molecule has 1 saturated carbocycles. The van der Waals surface area contributed by atoms with Crippen LogP contribution in [0.5, 0.6) is 11.5 Å². The van der Waals surface area contributed by atoms with E-state index in [9.17, 15) is 14.4 Å². The average molecular weight is 318 g/mol. The summed E-state index contributed by atoms with van der Waals surface area (Å²) in [5.74, 6) is 0.0930. The van der Waals surface area contributed by atoms with Crippen molar-refractivity contribution in [3.8, 4) is 11.5 Å². The minimum atomic E-state index is -1.79. The monoisotopic (exact) mass is 318 g/mol. The first-order valence-corrected chi connectivity index (χ1v) is 7.56. The van der Waals surface area contributed by atoms with Crippen molar-refractivity contribution in [2.75, 3.05) is 6.61 Å². The summed E-state index contributed by atoms with van der Waals surface area (Å²) in [6, 6.07) is 5.85. The Morgan fingerprint density at radius 2 is 1.61 bits per heavy atom. The van der Waals surface area contributed by atoms with Gasteiger partial charge in [-0.15, -0.1) is 0 Å². The highest BCUT2D eigenvalue weighted by atomic mass is 16.5. The molecule has 2 fully saturated rings. The van der Waals surface area contributed by atoms with Gasteiger partial charge in [-0.05, 0) is 49.9 Å². The highest BCUT2D eigenvalue weighted by Crippen LogP contribution is 2.28. The van der Waals surface area contributed by atoms with E-state index < -0.39 is 23.4 Å². The summed E-state index contributed by atoms with van der Waals surface area (Å²) in [4.78, 5) is 34.9. The number of rotatable bonds is 5. The molecule has 0 radical (unpaired) electrons. The molecule has 23 heavy (non-hydrogen) atoms. The second kappa shape index (κ2) is 5.91. The number of carbonyl (C=O) groups is 3. The van der Waals surface area contributed by atoms with Gasteiger partial charge in [0.2, 0.25) is 0 Å². The average Bonchev–Trinajstić information content (AvgIpc) is 2.45. The van der Waals surface area contributed by atoms with Gasteiger partial charge in [-0.3, -0.25) is 20.2 Å². The van der Waals surface area contributed by atoms with Crippen LogP contribution in [0.2, 0.25) is 0 Å². The van der Waals surface area contributed by atoms with E-state index in [1.807, 2.05) is 10.6 Å². The van der Waals surface area contributed by atoms with Crippen LogP contribution in [0.1, 0.15) is 26.2 Å². The third-order valence-corrected chi connectivity index (χ3v) is 4.18. The van der Waals surface area contributed by atoms with Crippen LogP contribution in [0.25, 0.3) is 0 Å². The van der Waals surface area contributed by atoms with Gasteiger partial charge >= 0.3 is 6.03 Å². The van der Waals surface area contributed by atoms with Crippen molar-refractivity contribution in [1.29, 1.82) is 0 Å². The molecule has 1 aliphatic carbocycles. The SMILES string of the molecule is CC1(Oc2ccc(OCC3CCC3)cc2)C(=O)NC(=O)NC1=O. The highest BCUT2D eigenvalue weighted by Gasteiger charge is 2.48. The second-order valence-electron chi connectivity index (χ2n) is 5.95. The van der Waals surface area contributed by atoms with Crippen LogP contribution in [0, 0.1) is 5.92 Å². The Morgan fingerprint density at radius 3 is 2.13 bits per heavy atom. The Balaban J connectivity index is 1.63. The van der Waals surface area contributed by atoms with E-state index in [0.717, 1.165) is 0 Å². The lowest BCUT2D eigenvalue weighted by atomic mass is 9.86. The molecule has 7 nitrogen and oxygen atoms in total. The summed E-state index contributed by atoms with van der Waals surface area (Å²) in [5, 5.41) is 4.04. The molecule has 1 aromatic carbocycles. The largest absolute Gasteiger partial charge is 0.493 e. The van der Waals surface area contributed by atoms with Crippen LogP contribution in [-0.2, 0) is 9.59 Å². The van der Waals surface area contributed by atoms with E-state index in [2.05, 4.69) is 0 Å². The van der Waals surface area contributed by atoms with Gasteiger partial charge in [-0.2, -0.15) is 0 Å². The minimum absolute atomic E-state index is 0.336. The van der Waals surface area contributed by atoms with Gasteiger partial charge in [0.15, 0.2) is 0 Å². The molecular formula is C16H18N2O5. The molecule has 0 unspecified atom stereocenters. The van der Waals surface area contributed by atoms with Crippen LogP contribution in [0.3, 0.4) is 0 Å². The zero-order valence-electron chi connectivity index (χ0n) is 12.8. The number of carbonyl (C=O) groups excluding carboxylic acids is 3.